The zero-order chi connectivity index (χ0) is 25.1. The van der Waals surface area contributed by atoms with Crippen molar-refractivity contribution in [1.29, 1.82) is 0 Å². The molecule has 2 N–H and O–H groups in total. The first-order valence-electron chi connectivity index (χ1n) is 10.3. The molecule has 0 unspecified atom stereocenters. The van der Waals surface area contributed by atoms with Crippen molar-refractivity contribution in [2.45, 2.75) is 12.6 Å². The first-order valence-corrected chi connectivity index (χ1v) is 10.3. The zero-order valence-corrected chi connectivity index (χ0v) is 18.3. The third kappa shape index (κ3) is 4.94. The number of benzene rings is 2. The Morgan fingerprint density at radius 1 is 1.17 bits per heavy atom. The Kier molecular flexibility index (Phi) is 6.42. The number of H-pyrrole nitrogens is 1. The third-order valence-electron chi connectivity index (χ3n) is 5.05. The highest BCUT2D eigenvalue weighted by Crippen LogP contribution is 2.21. The fourth-order valence-electron chi connectivity index (χ4n) is 3.30. The maximum Gasteiger partial charge on any atom is 0.345 e. The van der Waals surface area contributed by atoms with Gasteiger partial charge in [-0.2, -0.15) is 4.98 Å². The highest BCUT2D eigenvalue weighted by molar-refractivity contribution is 5.91. The molecule has 1 atom stereocenters. The van der Waals surface area contributed by atoms with Crippen LogP contribution in [0.3, 0.4) is 0 Å². The molecule has 0 fully saturated rings. The summed E-state index contributed by atoms with van der Waals surface area (Å²) in [5, 5.41) is 21.3. The van der Waals surface area contributed by atoms with Gasteiger partial charge in [-0.05, 0) is 24.3 Å². The number of nitro benzene ring substituents is 1. The maximum atomic E-state index is 12.6. The van der Waals surface area contributed by atoms with Crippen LogP contribution in [0.15, 0.2) is 64.2 Å². The molecule has 2 aromatic heterocycles. The van der Waals surface area contributed by atoms with Crippen molar-refractivity contribution in [2.75, 3.05) is 6.61 Å². The average molecular weight is 481 g/mol. The molecule has 35 heavy (non-hydrogen) atoms. The van der Waals surface area contributed by atoms with Gasteiger partial charge in [0.15, 0.2) is 11.2 Å². The standard InChI is InChI=1S/C22H19N5O8/c1-25-18-17(19(29)24-21(25)31)26(22(23-18)35-20(30)13-5-3-2-4-6-13)11-15(28)12-34-16-9-7-14(8-10-16)27(32)33/h2-10,15,28H,11-12H2,1H3,(H,24,29,31)/t15-/m0/s1. The minimum absolute atomic E-state index is 0.0434. The van der Waals surface area contributed by atoms with Crippen LogP contribution in [0.1, 0.15) is 10.4 Å². The molecule has 2 aromatic carbocycles. The van der Waals surface area contributed by atoms with E-state index in [-0.39, 0.29) is 47.3 Å². The van der Waals surface area contributed by atoms with Crippen molar-refractivity contribution < 1.29 is 24.3 Å². The number of nitrogens with zero attached hydrogens (tertiary/aromatic N) is 4. The van der Waals surface area contributed by atoms with Gasteiger partial charge in [-0.3, -0.25) is 29.0 Å². The number of non-ortho nitro benzene ring substituents is 1. The number of nitrogens with one attached hydrogen (secondary N) is 1. The van der Waals surface area contributed by atoms with Gasteiger partial charge in [0.05, 0.1) is 17.0 Å². The lowest BCUT2D eigenvalue weighted by Gasteiger charge is -2.15. The number of aliphatic hydroxyl groups is 1. The average Bonchev–Trinajstić information content (AvgIpc) is 3.20. The van der Waals surface area contributed by atoms with Crippen molar-refractivity contribution in [3.05, 3.63) is 91.1 Å². The van der Waals surface area contributed by atoms with Crippen molar-refractivity contribution in [2.24, 2.45) is 7.05 Å². The minimum Gasteiger partial charge on any atom is -0.491 e. The van der Waals surface area contributed by atoms with Gasteiger partial charge in [-0.25, -0.2) is 9.59 Å². The van der Waals surface area contributed by atoms with Gasteiger partial charge in [0.25, 0.3) is 11.2 Å². The number of aryl methyl sites for hydroxylation is 1. The van der Waals surface area contributed by atoms with Gasteiger partial charge < -0.3 is 14.6 Å². The van der Waals surface area contributed by atoms with E-state index in [9.17, 15) is 29.6 Å². The molecular weight excluding hydrogens is 462 g/mol. The summed E-state index contributed by atoms with van der Waals surface area (Å²) in [5.41, 5.74) is -1.50. The van der Waals surface area contributed by atoms with Gasteiger partial charge in [0.2, 0.25) is 0 Å². The molecule has 0 spiro atoms. The molecule has 0 amide bonds. The predicted octanol–water partition coefficient (Wildman–Crippen LogP) is 0.991. The molecule has 0 bridgehead atoms. The number of carbonyl (C=O) groups excluding carboxylic acids is 1. The van der Waals surface area contributed by atoms with Crippen molar-refractivity contribution in [3.8, 4) is 11.8 Å². The number of fused-ring (bicyclic) bond motifs is 1. The van der Waals surface area contributed by atoms with E-state index in [1.807, 2.05) is 0 Å². The van der Waals surface area contributed by atoms with E-state index < -0.39 is 28.2 Å². The van der Waals surface area contributed by atoms with E-state index in [0.717, 1.165) is 4.57 Å². The smallest absolute Gasteiger partial charge is 0.345 e. The van der Waals surface area contributed by atoms with Crippen molar-refractivity contribution in [1.82, 2.24) is 19.1 Å². The molecule has 13 nitrogen and oxygen atoms in total. The minimum atomic E-state index is -1.21. The Morgan fingerprint density at radius 2 is 1.86 bits per heavy atom. The molecule has 0 saturated carbocycles. The topological polar surface area (TPSA) is 172 Å². The van der Waals surface area contributed by atoms with Crippen LogP contribution in [-0.4, -0.2) is 47.8 Å². The van der Waals surface area contributed by atoms with Crippen molar-refractivity contribution in [3.63, 3.8) is 0 Å². The predicted molar refractivity (Wildman–Crippen MR) is 122 cm³/mol. The summed E-state index contributed by atoms with van der Waals surface area (Å²) >= 11 is 0. The van der Waals surface area contributed by atoms with Crippen LogP contribution >= 0.6 is 0 Å². The summed E-state index contributed by atoms with van der Waals surface area (Å²) in [4.78, 5) is 53.7. The highest BCUT2D eigenvalue weighted by atomic mass is 16.6. The monoisotopic (exact) mass is 481 g/mol. The Hall–Kier alpha value is -4.78. The number of carbonyl (C=O) groups is 1. The van der Waals surface area contributed by atoms with Crippen LogP contribution in [0.4, 0.5) is 5.69 Å². The van der Waals surface area contributed by atoms with Crippen molar-refractivity contribution >= 4 is 22.8 Å². The maximum absolute atomic E-state index is 12.6. The SMILES string of the molecule is Cn1c(=O)[nH]c(=O)c2c1nc(OC(=O)c1ccccc1)n2C[C@H](O)COc1ccc([N+](=O)[O-])cc1. The normalized spacial score (nSPS) is 11.8. The molecule has 4 aromatic rings. The van der Waals surface area contributed by atoms with Gasteiger partial charge >= 0.3 is 17.7 Å². The second-order valence-corrected chi connectivity index (χ2v) is 7.47. The number of hydrogen-bond acceptors (Lipinski definition) is 9. The van der Waals surface area contributed by atoms with Crippen LogP contribution in [-0.2, 0) is 13.6 Å². The first kappa shape index (κ1) is 23.4. The highest BCUT2D eigenvalue weighted by Gasteiger charge is 2.23. The lowest BCUT2D eigenvalue weighted by atomic mass is 10.2. The molecule has 4 rings (SSSR count). The number of nitro groups is 1. The fraction of sp³-hybridized carbons (Fsp3) is 0.182. The summed E-state index contributed by atoms with van der Waals surface area (Å²) in [6, 6.07) is 13.1. The second-order valence-electron chi connectivity index (χ2n) is 7.47. The second kappa shape index (κ2) is 9.61. The molecule has 2 heterocycles. The molecule has 0 radical (unpaired) electrons. The lowest BCUT2D eigenvalue weighted by molar-refractivity contribution is -0.384. The molecule has 180 valence electrons. The summed E-state index contributed by atoms with van der Waals surface area (Å²) < 4.78 is 13.1. The Morgan fingerprint density at radius 3 is 2.51 bits per heavy atom. The van der Waals surface area contributed by atoms with E-state index in [1.54, 1.807) is 18.2 Å². The van der Waals surface area contributed by atoms with Crippen LogP contribution in [0, 0.1) is 10.1 Å². The Bertz CT molecular complexity index is 1510. The van der Waals surface area contributed by atoms with E-state index >= 15 is 0 Å². The Labute approximate surface area is 195 Å². The first-order chi connectivity index (χ1) is 16.7. The lowest BCUT2D eigenvalue weighted by Crippen LogP contribution is -2.30. The summed E-state index contributed by atoms with van der Waals surface area (Å²) in [6.07, 6.45) is -1.21. The van der Waals surface area contributed by atoms with Gasteiger partial charge in [0, 0.05) is 19.2 Å². The van der Waals surface area contributed by atoms with Crippen LogP contribution in [0.25, 0.3) is 11.2 Å². The number of imidazole rings is 1. The van der Waals surface area contributed by atoms with E-state index in [4.69, 9.17) is 9.47 Å². The molecule has 0 saturated heterocycles. The van der Waals surface area contributed by atoms with Gasteiger partial charge in [0.1, 0.15) is 18.5 Å². The Balaban J connectivity index is 1.61. The van der Waals surface area contributed by atoms with E-state index in [0.29, 0.717) is 0 Å². The van der Waals surface area contributed by atoms with Gasteiger partial charge in [-0.1, -0.05) is 18.2 Å². The molecule has 0 aliphatic heterocycles. The molecular formula is C22H19N5O8. The molecule has 0 aliphatic rings. The number of ether oxygens (including phenoxy) is 2. The summed E-state index contributed by atoms with van der Waals surface area (Å²) in [5.74, 6) is -0.471. The van der Waals surface area contributed by atoms with Crippen LogP contribution in [0.5, 0.6) is 11.8 Å². The number of aromatic nitrogens is 4. The summed E-state index contributed by atoms with van der Waals surface area (Å²) in [6.45, 7) is -0.532. The third-order valence-corrected chi connectivity index (χ3v) is 5.05. The number of hydrogen-bond donors (Lipinski definition) is 2. The van der Waals surface area contributed by atoms with Crippen LogP contribution in [0.2, 0.25) is 0 Å². The molecule has 0 aliphatic carbocycles. The van der Waals surface area contributed by atoms with Gasteiger partial charge in [-0.15, -0.1) is 0 Å². The largest absolute Gasteiger partial charge is 0.491 e. The molecule has 13 heteroatoms. The zero-order valence-electron chi connectivity index (χ0n) is 18.3. The van der Waals surface area contributed by atoms with E-state index in [1.165, 1.54) is 48.0 Å². The van der Waals surface area contributed by atoms with Crippen LogP contribution < -0.4 is 20.7 Å². The number of esters is 1. The van der Waals surface area contributed by atoms with E-state index in [2.05, 4.69) is 9.97 Å². The number of rotatable bonds is 8. The number of aromatic amines is 1. The fourth-order valence-corrected chi connectivity index (χ4v) is 3.30. The summed E-state index contributed by atoms with van der Waals surface area (Å²) in [7, 11) is 1.38. The quantitative estimate of drug-likeness (QED) is 0.211. The number of aliphatic hydroxyl groups excluding tert-OH is 1.